The lowest BCUT2D eigenvalue weighted by molar-refractivity contribution is 0.478. The summed E-state index contributed by atoms with van der Waals surface area (Å²) in [4.78, 5) is 2.44. The highest BCUT2D eigenvalue weighted by Gasteiger charge is 2.36. The largest absolute Gasteiger partial charge is 0.452 e. The number of hydrogen-bond donors (Lipinski definition) is 0. The summed E-state index contributed by atoms with van der Waals surface area (Å²) in [5, 5.41) is 4.91. The summed E-state index contributed by atoms with van der Waals surface area (Å²) in [6.07, 6.45) is 0. The monoisotopic (exact) mass is 705 g/mol. The Kier molecular flexibility index (Phi) is 6.09. The summed E-state index contributed by atoms with van der Waals surface area (Å²) in [6, 6.07) is 63.9. The second-order valence-corrected chi connectivity index (χ2v) is 15.4. The molecule has 4 nitrogen and oxygen atoms in total. The molecule has 0 unspecified atom stereocenters. The molecule has 2 aromatic heterocycles. The summed E-state index contributed by atoms with van der Waals surface area (Å²) in [5.74, 6) is 1.76. The highest BCUT2D eigenvalue weighted by molar-refractivity contribution is 6.13. The van der Waals surface area contributed by atoms with Crippen LogP contribution in [0.1, 0.15) is 25.0 Å². The van der Waals surface area contributed by atoms with Gasteiger partial charge in [0.2, 0.25) is 0 Å². The third-order valence-electron chi connectivity index (χ3n) is 12.1. The van der Waals surface area contributed by atoms with E-state index in [0.29, 0.717) is 0 Å². The molecule has 4 heteroatoms. The van der Waals surface area contributed by atoms with Crippen molar-refractivity contribution < 1.29 is 4.74 Å². The average Bonchev–Trinajstić information content (AvgIpc) is 3.75. The maximum absolute atomic E-state index is 6.77. The van der Waals surface area contributed by atoms with Crippen molar-refractivity contribution in [1.29, 1.82) is 0 Å². The highest BCUT2D eigenvalue weighted by atomic mass is 16.5. The van der Waals surface area contributed by atoms with Gasteiger partial charge in [-0.3, -0.25) is 0 Å². The summed E-state index contributed by atoms with van der Waals surface area (Å²) in [6.45, 7) is 4.67. The molecule has 0 fully saturated rings. The Morgan fingerprint density at radius 2 is 1.00 bits per heavy atom. The van der Waals surface area contributed by atoms with Crippen LogP contribution in [0.5, 0.6) is 11.5 Å². The third kappa shape index (κ3) is 4.11. The van der Waals surface area contributed by atoms with Crippen LogP contribution in [0.4, 0.5) is 17.1 Å². The Hall–Kier alpha value is -7.04. The zero-order valence-corrected chi connectivity index (χ0v) is 30.5. The molecule has 0 saturated carbocycles. The predicted molar refractivity (Wildman–Crippen MR) is 227 cm³/mol. The molecule has 0 radical (unpaired) electrons. The number of hydrogen-bond acceptors (Lipinski definition) is 2. The van der Waals surface area contributed by atoms with E-state index in [2.05, 4.69) is 204 Å². The molecule has 260 valence electrons. The molecule has 0 spiro atoms. The van der Waals surface area contributed by atoms with Gasteiger partial charge < -0.3 is 18.8 Å². The van der Waals surface area contributed by atoms with Crippen LogP contribution in [-0.4, -0.2) is 9.13 Å². The molecule has 4 heterocycles. The van der Waals surface area contributed by atoms with Crippen LogP contribution in [0.2, 0.25) is 0 Å². The second kappa shape index (κ2) is 11.0. The minimum Gasteiger partial charge on any atom is -0.452 e. The van der Waals surface area contributed by atoms with E-state index in [1.807, 2.05) is 0 Å². The van der Waals surface area contributed by atoms with Crippen molar-refractivity contribution in [3.63, 3.8) is 0 Å². The van der Waals surface area contributed by atoms with Crippen molar-refractivity contribution in [3.05, 3.63) is 187 Å². The van der Waals surface area contributed by atoms with Crippen LogP contribution in [-0.2, 0) is 5.41 Å². The van der Waals surface area contributed by atoms with Crippen molar-refractivity contribution >= 4 is 60.7 Å². The smallest absolute Gasteiger partial charge is 0.159 e. The number of benzene rings is 8. The van der Waals surface area contributed by atoms with Gasteiger partial charge in [-0.1, -0.05) is 123 Å². The van der Waals surface area contributed by atoms with Gasteiger partial charge in [-0.05, 0) is 83.4 Å². The zero-order valence-electron chi connectivity index (χ0n) is 30.5. The van der Waals surface area contributed by atoms with Gasteiger partial charge in [-0.25, -0.2) is 0 Å². The molecule has 0 saturated heterocycles. The Labute approximate surface area is 318 Å². The fourth-order valence-corrected chi connectivity index (χ4v) is 9.58. The number of rotatable bonds is 3. The van der Waals surface area contributed by atoms with Gasteiger partial charge >= 0.3 is 0 Å². The molecule has 10 aromatic rings. The minimum atomic E-state index is -0.102. The number of anilines is 3. The lowest BCUT2D eigenvalue weighted by Gasteiger charge is -2.42. The second-order valence-electron chi connectivity index (χ2n) is 15.4. The fourth-order valence-electron chi connectivity index (χ4n) is 9.58. The van der Waals surface area contributed by atoms with Crippen LogP contribution in [0.25, 0.3) is 66.1 Å². The van der Waals surface area contributed by atoms with Crippen molar-refractivity contribution in [2.75, 3.05) is 4.90 Å². The van der Waals surface area contributed by atoms with Gasteiger partial charge in [-0.15, -0.1) is 0 Å². The molecule has 0 aliphatic carbocycles. The van der Waals surface area contributed by atoms with Crippen LogP contribution >= 0.6 is 0 Å². The standard InChI is InChI=1S/C51H35N3O/c1-51(2)40-17-5-9-21-45(40)53(46-22-10-6-18-41(46)51)34-29-30-44-39(31-34)37-14-4-7-19-42(37)52(44)33-27-25-32(26-28-33)35-15-11-23-47-50(35)55-48-24-12-16-38-36-13-3-8-20-43(36)54(47)49(38)48/h3-31H,1-2H3. The van der Waals surface area contributed by atoms with Gasteiger partial charge in [0.05, 0.1) is 39.1 Å². The van der Waals surface area contributed by atoms with E-state index in [4.69, 9.17) is 4.74 Å². The van der Waals surface area contributed by atoms with Crippen molar-refractivity contribution in [2.45, 2.75) is 19.3 Å². The lowest BCUT2D eigenvalue weighted by Crippen LogP contribution is -2.30. The summed E-state index contributed by atoms with van der Waals surface area (Å²) >= 11 is 0. The molecule has 0 atom stereocenters. The van der Waals surface area contributed by atoms with Crippen LogP contribution < -0.4 is 9.64 Å². The first kappa shape index (κ1) is 30.4. The number of nitrogens with zero attached hydrogens (tertiary/aromatic N) is 3. The van der Waals surface area contributed by atoms with Crippen LogP contribution in [0.3, 0.4) is 0 Å². The third-order valence-corrected chi connectivity index (χ3v) is 12.1. The molecule has 55 heavy (non-hydrogen) atoms. The molecule has 0 amide bonds. The molecular formula is C51H35N3O. The Morgan fingerprint density at radius 3 is 1.75 bits per heavy atom. The fraction of sp³-hybridized carbons (Fsp3) is 0.0588. The number of aromatic nitrogens is 2. The predicted octanol–water partition coefficient (Wildman–Crippen LogP) is 13.8. The van der Waals surface area contributed by atoms with Crippen LogP contribution in [0.15, 0.2) is 176 Å². The van der Waals surface area contributed by atoms with Gasteiger partial charge in [0.1, 0.15) is 0 Å². The maximum atomic E-state index is 6.77. The molecule has 0 N–H and O–H groups in total. The lowest BCUT2D eigenvalue weighted by atomic mass is 9.73. The van der Waals surface area contributed by atoms with E-state index < -0.39 is 0 Å². The van der Waals surface area contributed by atoms with E-state index in [0.717, 1.165) is 45.2 Å². The van der Waals surface area contributed by atoms with E-state index in [-0.39, 0.29) is 5.41 Å². The molecule has 2 aliphatic rings. The van der Waals surface area contributed by atoms with Gasteiger partial charge in [0, 0.05) is 43.9 Å². The highest BCUT2D eigenvalue weighted by Crippen LogP contribution is 2.53. The first-order valence-corrected chi connectivity index (χ1v) is 19.0. The van der Waals surface area contributed by atoms with E-state index in [1.165, 1.54) is 60.6 Å². The minimum absolute atomic E-state index is 0.102. The van der Waals surface area contributed by atoms with Gasteiger partial charge in [0.25, 0.3) is 0 Å². The van der Waals surface area contributed by atoms with E-state index in [1.54, 1.807) is 0 Å². The number of ether oxygens (including phenoxy) is 1. The van der Waals surface area contributed by atoms with Crippen molar-refractivity contribution in [1.82, 2.24) is 9.13 Å². The summed E-state index contributed by atoms with van der Waals surface area (Å²) in [7, 11) is 0. The summed E-state index contributed by atoms with van der Waals surface area (Å²) < 4.78 is 11.5. The first-order valence-electron chi connectivity index (χ1n) is 19.0. The summed E-state index contributed by atoms with van der Waals surface area (Å²) in [5.41, 5.74) is 15.2. The maximum Gasteiger partial charge on any atom is 0.159 e. The van der Waals surface area contributed by atoms with Crippen molar-refractivity contribution in [3.8, 4) is 34.0 Å². The Morgan fingerprint density at radius 1 is 0.436 bits per heavy atom. The Balaban J connectivity index is 0.987. The normalized spacial score (nSPS) is 13.9. The molecule has 8 aromatic carbocycles. The van der Waals surface area contributed by atoms with E-state index >= 15 is 0 Å². The first-order chi connectivity index (χ1) is 27.1. The SMILES string of the molecule is CC1(C)c2ccccc2N(c2ccc3c(c2)c2ccccc2n3-c2ccc(-c3cccc4c3Oc3cccc5c6ccccc6n-4c35)cc2)c2ccccc21. The molecule has 2 aliphatic heterocycles. The molecular weight excluding hydrogens is 671 g/mol. The van der Waals surface area contributed by atoms with Crippen molar-refractivity contribution in [2.24, 2.45) is 0 Å². The average molecular weight is 706 g/mol. The molecule has 12 rings (SSSR count). The topological polar surface area (TPSA) is 22.3 Å². The van der Waals surface area contributed by atoms with E-state index in [9.17, 15) is 0 Å². The van der Waals surface area contributed by atoms with Gasteiger partial charge in [-0.2, -0.15) is 0 Å². The quantitative estimate of drug-likeness (QED) is 0.183. The molecule has 0 bridgehead atoms. The number of fused-ring (bicyclic) bond motifs is 10. The number of para-hydroxylation sites is 6. The Bertz CT molecular complexity index is 3170. The zero-order chi connectivity index (χ0) is 36.4. The van der Waals surface area contributed by atoms with Crippen LogP contribution in [0, 0.1) is 0 Å². The van der Waals surface area contributed by atoms with Gasteiger partial charge in [0.15, 0.2) is 11.5 Å².